The molecule has 5 heteroatoms. The number of amides is 1. The maximum absolute atomic E-state index is 12.7. The van der Waals surface area contributed by atoms with E-state index in [0.29, 0.717) is 24.6 Å². The molecule has 3 aromatic rings. The van der Waals surface area contributed by atoms with Crippen LogP contribution in [0.2, 0.25) is 0 Å². The number of para-hydroxylation sites is 1. The van der Waals surface area contributed by atoms with Crippen LogP contribution in [-0.4, -0.2) is 36.6 Å². The first-order chi connectivity index (χ1) is 13.2. The highest BCUT2D eigenvalue weighted by molar-refractivity contribution is 5.93. The molecule has 0 radical (unpaired) electrons. The van der Waals surface area contributed by atoms with Crippen LogP contribution >= 0.6 is 0 Å². The number of carbonyl (C=O) groups is 1. The second kappa shape index (κ2) is 7.19. The fourth-order valence-electron chi connectivity index (χ4n) is 3.55. The molecule has 2 heterocycles. The van der Waals surface area contributed by atoms with Crippen molar-refractivity contribution in [1.29, 1.82) is 0 Å². The first-order valence-corrected chi connectivity index (χ1v) is 8.96. The third-order valence-electron chi connectivity index (χ3n) is 4.99. The Labute approximate surface area is 158 Å². The van der Waals surface area contributed by atoms with Crippen molar-refractivity contribution in [3.05, 3.63) is 65.4 Å². The van der Waals surface area contributed by atoms with Crippen LogP contribution in [0, 0.1) is 0 Å². The van der Waals surface area contributed by atoms with Gasteiger partial charge in [0.05, 0.1) is 14.2 Å². The lowest BCUT2D eigenvalue weighted by Crippen LogP contribution is -2.34. The van der Waals surface area contributed by atoms with Crippen LogP contribution in [0.1, 0.15) is 16.8 Å². The van der Waals surface area contributed by atoms with Gasteiger partial charge in [0.1, 0.15) is 11.5 Å². The lowest BCUT2D eigenvalue weighted by molar-refractivity contribution is -0.126. The summed E-state index contributed by atoms with van der Waals surface area (Å²) in [5, 5.41) is 1.20. The SMILES string of the molecule is COc1cc(/C=C/C(=O)N2CCc3[nH]c4ccccc4c3C2)cc(OC)c1. The number of carbonyl (C=O) groups excluding carboxylic acids is 1. The average Bonchev–Trinajstić information content (AvgIpc) is 3.09. The lowest BCUT2D eigenvalue weighted by atomic mass is 10.0. The first kappa shape index (κ1) is 17.2. The molecule has 0 aliphatic carbocycles. The van der Waals surface area contributed by atoms with Gasteiger partial charge in [-0.05, 0) is 29.8 Å². The smallest absolute Gasteiger partial charge is 0.246 e. The molecule has 0 saturated carbocycles. The van der Waals surface area contributed by atoms with Gasteiger partial charge < -0.3 is 19.4 Å². The third-order valence-corrected chi connectivity index (χ3v) is 4.99. The predicted molar refractivity (Wildman–Crippen MR) is 106 cm³/mol. The van der Waals surface area contributed by atoms with Crippen molar-refractivity contribution >= 4 is 22.9 Å². The number of fused-ring (bicyclic) bond motifs is 3. The largest absolute Gasteiger partial charge is 0.497 e. The number of nitrogens with zero attached hydrogens (tertiary/aromatic N) is 1. The minimum absolute atomic E-state index is 0.00715. The third kappa shape index (κ3) is 3.40. The summed E-state index contributed by atoms with van der Waals surface area (Å²) in [5.74, 6) is 1.40. The van der Waals surface area contributed by atoms with Gasteiger partial charge in [0.2, 0.25) is 5.91 Å². The normalized spacial score (nSPS) is 13.8. The molecular weight excluding hydrogens is 340 g/mol. The molecule has 1 aromatic heterocycles. The summed E-state index contributed by atoms with van der Waals surface area (Å²) in [6.45, 7) is 1.34. The van der Waals surface area contributed by atoms with Crippen LogP contribution in [-0.2, 0) is 17.8 Å². The highest BCUT2D eigenvalue weighted by Gasteiger charge is 2.22. The molecule has 27 heavy (non-hydrogen) atoms. The lowest BCUT2D eigenvalue weighted by Gasteiger charge is -2.26. The van der Waals surface area contributed by atoms with Crippen molar-refractivity contribution in [2.45, 2.75) is 13.0 Å². The number of benzene rings is 2. The minimum Gasteiger partial charge on any atom is -0.497 e. The predicted octanol–water partition coefficient (Wildman–Crippen LogP) is 3.78. The van der Waals surface area contributed by atoms with Crippen LogP contribution in [0.25, 0.3) is 17.0 Å². The van der Waals surface area contributed by atoms with Crippen molar-refractivity contribution in [3.8, 4) is 11.5 Å². The summed E-state index contributed by atoms with van der Waals surface area (Å²) in [6, 6.07) is 13.8. The van der Waals surface area contributed by atoms with Gasteiger partial charge in [-0.2, -0.15) is 0 Å². The van der Waals surface area contributed by atoms with E-state index in [1.165, 1.54) is 16.6 Å². The Balaban J connectivity index is 1.53. The maximum atomic E-state index is 12.7. The zero-order valence-corrected chi connectivity index (χ0v) is 15.5. The van der Waals surface area contributed by atoms with E-state index >= 15 is 0 Å². The van der Waals surface area contributed by atoms with Gasteiger partial charge in [-0.1, -0.05) is 18.2 Å². The van der Waals surface area contributed by atoms with Gasteiger partial charge in [-0.25, -0.2) is 0 Å². The molecule has 0 fully saturated rings. The second-order valence-electron chi connectivity index (χ2n) is 6.62. The van der Waals surface area contributed by atoms with E-state index in [2.05, 4.69) is 17.1 Å². The Morgan fingerprint density at radius 3 is 2.59 bits per heavy atom. The van der Waals surface area contributed by atoms with Crippen molar-refractivity contribution in [2.75, 3.05) is 20.8 Å². The molecule has 0 saturated heterocycles. The number of nitrogens with one attached hydrogen (secondary N) is 1. The van der Waals surface area contributed by atoms with Crippen molar-refractivity contribution in [2.24, 2.45) is 0 Å². The average molecular weight is 362 g/mol. The molecule has 2 aromatic carbocycles. The van der Waals surface area contributed by atoms with Crippen molar-refractivity contribution in [3.63, 3.8) is 0 Å². The van der Waals surface area contributed by atoms with Gasteiger partial charge in [-0.3, -0.25) is 4.79 Å². The highest BCUT2D eigenvalue weighted by atomic mass is 16.5. The molecule has 138 valence electrons. The summed E-state index contributed by atoms with van der Waals surface area (Å²) < 4.78 is 10.6. The molecule has 1 N–H and O–H groups in total. The molecule has 5 nitrogen and oxygen atoms in total. The number of hydrogen-bond acceptors (Lipinski definition) is 3. The minimum atomic E-state index is 0.00715. The number of ether oxygens (including phenoxy) is 2. The molecule has 1 amide bonds. The Hall–Kier alpha value is -3.21. The number of hydrogen-bond donors (Lipinski definition) is 1. The van der Waals surface area contributed by atoms with Crippen LogP contribution in [0.5, 0.6) is 11.5 Å². The quantitative estimate of drug-likeness (QED) is 0.719. The van der Waals surface area contributed by atoms with E-state index < -0.39 is 0 Å². The topological polar surface area (TPSA) is 54.6 Å². The fourth-order valence-corrected chi connectivity index (χ4v) is 3.55. The molecule has 0 spiro atoms. The second-order valence-corrected chi connectivity index (χ2v) is 6.62. The number of aromatic nitrogens is 1. The van der Waals surface area contributed by atoms with Gasteiger partial charge in [0.15, 0.2) is 0 Å². The maximum Gasteiger partial charge on any atom is 0.246 e. The van der Waals surface area contributed by atoms with Gasteiger partial charge in [0, 0.05) is 53.8 Å². The molecular formula is C22H22N2O3. The van der Waals surface area contributed by atoms with Crippen molar-refractivity contribution in [1.82, 2.24) is 9.88 Å². The first-order valence-electron chi connectivity index (χ1n) is 8.96. The summed E-state index contributed by atoms with van der Waals surface area (Å²) >= 11 is 0. The standard InChI is InChI=1S/C22H22N2O3/c1-26-16-11-15(12-17(13-16)27-2)7-8-22(25)24-10-9-21-19(14-24)18-5-3-4-6-20(18)23-21/h3-8,11-13,23H,9-10,14H2,1-2H3/b8-7+. The van der Waals surface area contributed by atoms with Crippen LogP contribution in [0.3, 0.4) is 0 Å². The zero-order valence-electron chi connectivity index (χ0n) is 15.5. The fraction of sp³-hybridized carbons (Fsp3) is 0.227. The molecule has 1 aliphatic rings. The van der Waals surface area contributed by atoms with E-state index in [1.807, 2.05) is 35.2 Å². The van der Waals surface area contributed by atoms with E-state index in [4.69, 9.17) is 9.47 Å². The number of aromatic amines is 1. The number of methoxy groups -OCH3 is 2. The Bertz CT molecular complexity index is 997. The molecule has 0 bridgehead atoms. The summed E-state index contributed by atoms with van der Waals surface area (Å²) in [7, 11) is 3.22. The van der Waals surface area contributed by atoms with E-state index in [0.717, 1.165) is 17.5 Å². The molecule has 4 rings (SSSR count). The Kier molecular flexibility index (Phi) is 4.59. The van der Waals surface area contributed by atoms with Crippen LogP contribution in [0.15, 0.2) is 48.5 Å². The van der Waals surface area contributed by atoms with Gasteiger partial charge >= 0.3 is 0 Å². The van der Waals surface area contributed by atoms with Gasteiger partial charge in [0.25, 0.3) is 0 Å². The monoisotopic (exact) mass is 362 g/mol. The molecule has 0 unspecified atom stereocenters. The number of H-pyrrole nitrogens is 1. The number of rotatable bonds is 4. The Morgan fingerprint density at radius 1 is 1.11 bits per heavy atom. The van der Waals surface area contributed by atoms with Crippen molar-refractivity contribution < 1.29 is 14.3 Å². The van der Waals surface area contributed by atoms with E-state index in [9.17, 15) is 4.79 Å². The van der Waals surface area contributed by atoms with Crippen LogP contribution in [0.4, 0.5) is 0 Å². The van der Waals surface area contributed by atoms with E-state index in [-0.39, 0.29) is 5.91 Å². The summed E-state index contributed by atoms with van der Waals surface area (Å²) in [4.78, 5) is 18.1. The zero-order chi connectivity index (χ0) is 18.8. The highest BCUT2D eigenvalue weighted by Crippen LogP contribution is 2.28. The van der Waals surface area contributed by atoms with E-state index in [1.54, 1.807) is 26.4 Å². The molecule has 1 aliphatic heterocycles. The Morgan fingerprint density at radius 2 is 1.85 bits per heavy atom. The van der Waals surface area contributed by atoms with Crippen LogP contribution < -0.4 is 9.47 Å². The van der Waals surface area contributed by atoms with Gasteiger partial charge in [-0.15, -0.1) is 0 Å². The summed E-state index contributed by atoms with van der Waals surface area (Å²) in [6.07, 6.45) is 4.27. The summed E-state index contributed by atoms with van der Waals surface area (Å²) in [5.41, 5.74) is 4.46. The molecule has 0 atom stereocenters.